The van der Waals surface area contributed by atoms with E-state index in [2.05, 4.69) is 36.8 Å². The van der Waals surface area contributed by atoms with Crippen molar-refractivity contribution in [3.05, 3.63) is 38.3 Å². The first-order valence-electron chi connectivity index (χ1n) is 4.60. The Morgan fingerprint density at radius 1 is 1.35 bits per heavy atom. The number of nitrogens with zero attached hydrogens (tertiary/aromatic N) is 1. The van der Waals surface area contributed by atoms with Crippen LogP contribution in [0.2, 0.25) is 0 Å². The van der Waals surface area contributed by atoms with Gasteiger partial charge >= 0.3 is 5.97 Å². The van der Waals surface area contributed by atoms with Crippen molar-refractivity contribution >= 4 is 49.2 Å². The minimum absolute atomic E-state index is 0.353. The van der Waals surface area contributed by atoms with Crippen molar-refractivity contribution in [2.24, 2.45) is 0 Å². The highest BCUT2D eigenvalue weighted by Gasteiger charge is 2.17. The van der Waals surface area contributed by atoms with Gasteiger partial charge in [0, 0.05) is 8.95 Å². The lowest BCUT2D eigenvalue weighted by molar-refractivity contribution is 0.0596. The Kier molecular flexibility index (Phi) is 3.96. The van der Waals surface area contributed by atoms with E-state index < -0.39 is 5.97 Å². The lowest BCUT2D eigenvalue weighted by atomic mass is 10.1. The maximum Gasteiger partial charge on any atom is 0.358 e. The fraction of sp³-hybridized carbons (Fsp3) is 0.0909. The van der Waals surface area contributed by atoms with Crippen molar-refractivity contribution in [1.82, 2.24) is 4.98 Å². The SMILES string of the molecule is COC(=O)c1ncsc1-c1ccc(Br)c(Br)c1. The van der Waals surface area contributed by atoms with E-state index >= 15 is 0 Å². The predicted octanol–water partition coefficient (Wildman–Crippen LogP) is 4.12. The average Bonchev–Trinajstić information content (AvgIpc) is 2.80. The molecule has 17 heavy (non-hydrogen) atoms. The van der Waals surface area contributed by atoms with E-state index in [9.17, 15) is 4.79 Å². The molecular weight excluding hydrogens is 370 g/mol. The van der Waals surface area contributed by atoms with Crippen LogP contribution in [0.3, 0.4) is 0 Å². The van der Waals surface area contributed by atoms with Gasteiger partial charge in [0.25, 0.3) is 0 Å². The van der Waals surface area contributed by atoms with Gasteiger partial charge in [-0.25, -0.2) is 9.78 Å². The fourth-order valence-electron chi connectivity index (χ4n) is 1.33. The lowest BCUT2D eigenvalue weighted by Gasteiger charge is -2.03. The van der Waals surface area contributed by atoms with Crippen molar-refractivity contribution in [1.29, 1.82) is 0 Å². The van der Waals surface area contributed by atoms with Crippen LogP contribution in [0, 0.1) is 0 Å². The van der Waals surface area contributed by atoms with Crippen molar-refractivity contribution in [2.45, 2.75) is 0 Å². The van der Waals surface area contributed by atoms with Crippen LogP contribution in [-0.2, 0) is 4.74 Å². The third kappa shape index (κ3) is 2.59. The number of esters is 1. The van der Waals surface area contributed by atoms with Gasteiger partial charge < -0.3 is 4.74 Å². The minimum atomic E-state index is -0.416. The highest BCUT2D eigenvalue weighted by Crippen LogP contribution is 2.33. The maximum absolute atomic E-state index is 11.5. The normalized spacial score (nSPS) is 10.3. The van der Waals surface area contributed by atoms with E-state index in [1.165, 1.54) is 18.4 Å². The molecule has 0 N–H and O–H groups in total. The number of halogens is 2. The Morgan fingerprint density at radius 3 is 2.76 bits per heavy atom. The summed E-state index contributed by atoms with van der Waals surface area (Å²) in [5, 5.41) is 0. The van der Waals surface area contributed by atoms with Crippen molar-refractivity contribution in [3.63, 3.8) is 0 Å². The number of hydrogen-bond acceptors (Lipinski definition) is 4. The first kappa shape index (κ1) is 12.7. The highest BCUT2D eigenvalue weighted by molar-refractivity contribution is 9.13. The average molecular weight is 377 g/mol. The van der Waals surface area contributed by atoms with Crippen LogP contribution >= 0.6 is 43.2 Å². The van der Waals surface area contributed by atoms with Gasteiger partial charge in [0.2, 0.25) is 0 Å². The van der Waals surface area contributed by atoms with Crippen molar-refractivity contribution in [3.8, 4) is 10.4 Å². The summed E-state index contributed by atoms with van der Waals surface area (Å²) in [4.78, 5) is 16.4. The van der Waals surface area contributed by atoms with Crippen LogP contribution < -0.4 is 0 Å². The quantitative estimate of drug-likeness (QED) is 0.740. The molecule has 0 aliphatic carbocycles. The number of carbonyl (C=O) groups is 1. The largest absolute Gasteiger partial charge is 0.464 e. The molecule has 0 saturated heterocycles. The molecule has 2 rings (SSSR count). The van der Waals surface area contributed by atoms with Crippen LogP contribution in [0.1, 0.15) is 10.5 Å². The number of carbonyl (C=O) groups excluding carboxylic acids is 1. The van der Waals surface area contributed by atoms with Gasteiger partial charge in [-0.05, 0) is 49.6 Å². The van der Waals surface area contributed by atoms with E-state index in [1.54, 1.807) is 5.51 Å². The molecular formula is C11H7Br2NO2S. The summed E-state index contributed by atoms with van der Waals surface area (Å²) < 4.78 is 6.59. The number of ether oxygens (including phenoxy) is 1. The maximum atomic E-state index is 11.5. The molecule has 0 saturated carbocycles. The van der Waals surface area contributed by atoms with Gasteiger partial charge in [0.05, 0.1) is 17.5 Å². The topological polar surface area (TPSA) is 39.2 Å². The van der Waals surface area contributed by atoms with Crippen molar-refractivity contribution in [2.75, 3.05) is 7.11 Å². The van der Waals surface area contributed by atoms with E-state index in [0.29, 0.717) is 5.69 Å². The molecule has 0 fully saturated rings. The minimum Gasteiger partial charge on any atom is -0.464 e. The second-order valence-electron chi connectivity index (χ2n) is 3.15. The number of hydrogen-bond donors (Lipinski definition) is 0. The molecule has 0 aliphatic rings. The number of thiazole rings is 1. The predicted molar refractivity (Wildman–Crippen MR) is 74.3 cm³/mol. The van der Waals surface area contributed by atoms with Gasteiger partial charge in [-0.15, -0.1) is 11.3 Å². The molecule has 2 aromatic rings. The monoisotopic (exact) mass is 375 g/mol. The zero-order chi connectivity index (χ0) is 12.4. The van der Waals surface area contributed by atoms with E-state index in [-0.39, 0.29) is 0 Å². The summed E-state index contributed by atoms with van der Waals surface area (Å²) in [6.07, 6.45) is 0. The molecule has 3 nitrogen and oxygen atoms in total. The first-order valence-corrected chi connectivity index (χ1v) is 7.07. The van der Waals surface area contributed by atoms with Crippen LogP contribution in [0.4, 0.5) is 0 Å². The summed E-state index contributed by atoms with van der Waals surface area (Å²) in [5.74, 6) is -0.416. The Bertz CT molecular complexity index is 568. The fourth-order valence-corrected chi connectivity index (χ4v) is 2.73. The summed E-state index contributed by atoms with van der Waals surface area (Å²) in [6.45, 7) is 0. The molecule has 0 amide bonds. The number of methoxy groups -OCH3 is 1. The summed E-state index contributed by atoms with van der Waals surface area (Å²) in [6, 6.07) is 5.78. The Morgan fingerprint density at radius 2 is 2.12 bits per heavy atom. The van der Waals surface area contributed by atoms with Crippen LogP contribution in [0.5, 0.6) is 0 Å². The molecule has 6 heteroatoms. The third-order valence-corrected chi connectivity index (χ3v) is 4.88. The highest BCUT2D eigenvalue weighted by atomic mass is 79.9. The Balaban J connectivity index is 2.50. The molecule has 1 aromatic heterocycles. The van der Waals surface area contributed by atoms with Crippen LogP contribution in [0.15, 0.2) is 32.7 Å². The summed E-state index contributed by atoms with van der Waals surface area (Å²) in [7, 11) is 1.35. The number of rotatable bonds is 2. The molecule has 0 unspecified atom stereocenters. The van der Waals surface area contributed by atoms with Gasteiger partial charge in [-0.2, -0.15) is 0 Å². The smallest absolute Gasteiger partial charge is 0.358 e. The second-order valence-corrected chi connectivity index (χ2v) is 5.71. The summed E-state index contributed by atoms with van der Waals surface area (Å²) in [5.41, 5.74) is 2.92. The van der Waals surface area contributed by atoms with Crippen LogP contribution in [0.25, 0.3) is 10.4 Å². The molecule has 0 bridgehead atoms. The van der Waals surface area contributed by atoms with Crippen LogP contribution in [-0.4, -0.2) is 18.1 Å². The molecule has 0 atom stereocenters. The van der Waals surface area contributed by atoms with E-state index in [1.807, 2.05) is 18.2 Å². The molecule has 0 spiro atoms. The zero-order valence-corrected chi connectivity index (χ0v) is 12.7. The molecule has 0 radical (unpaired) electrons. The van der Waals surface area contributed by atoms with E-state index in [4.69, 9.17) is 4.74 Å². The Hall–Kier alpha value is -0.720. The lowest BCUT2D eigenvalue weighted by Crippen LogP contribution is -2.02. The molecule has 1 heterocycles. The van der Waals surface area contributed by atoms with Gasteiger partial charge in [-0.3, -0.25) is 0 Å². The number of benzene rings is 1. The second kappa shape index (κ2) is 5.29. The summed E-state index contributed by atoms with van der Waals surface area (Å²) >= 11 is 8.25. The zero-order valence-electron chi connectivity index (χ0n) is 8.74. The Labute approximate surface area is 119 Å². The van der Waals surface area contributed by atoms with Crippen molar-refractivity contribution < 1.29 is 9.53 Å². The third-order valence-electron chi connectivity index (χ3n) is 2.13. The van der Waals surface area contributed by atoms with Gasteiger partial charge in [0.15, 0.2) is 5.69 Å². The molecule has 88 valence electrons. The van der Waals surface area contributed by atoms with Gasteiger partial charge in [-0.1, -0.05) is 6.07 Å². The standard InChI is InChI=1S/C11H7Br2NO2S/c1-16-11(15)9-10(17-5-14-9)6-2-3-7(12)8(13)4-6/h2-5H,1H3. The van der Waals surface area contributed by atoms with E-state index in [0.717, 1.165) is 19.4 Å². The van der Waals surface area contributed by atoms with Gasteiger partial charge in [0.1, 0.15) is 0 Å². The first-order chi connectivity index (χ1) is 8.13. The molecule has 1 aromatic carbocycles. The number of aromatic nitrogens is 1. The molecule has 0 aliphatic heterocycles.